The van der Waals surface area contributed by atoms with Gasteiger partial charge in [-0.05, 0) is 44.7 Å². The molecule has 2 fully saturated rings. The number of para-hydroxylation sites is 1. The standard InChI is InChI=1S/C22H33N7O/c1-17-26-27-21(28(17)2)16-24-22(23-15-20-9-6-14-30-20)25-18-10-12-29(13-11-18)19-7-4-3-5-8-19/h3-5,7-8,18,20H,6,9-16H2,1-2H3,(H2,23,24,25). The first-order valence-corrected chi connectivity index (χ1v) is 11.0. The summed E-state index contributed by atoms with van der Waals surface area (Å²) in [7, 11) is 1.98. The molecule has 0 radical (unpaired) electrons. The van der Waals surface area contributed by atoms with E-state index < -0.39 is 0 Å². The van der Waals surface area contributed by atoms with E-state index in [9.17, 15) is 0 Å². The van der Waals surface area contributed by atoms with Crippen LogP contribution < -0.4 is 15.5 Å². The van der Waals surface area contributed by atoms with Gasteiger partial charge in [0.25, 0.3) is 0 Å². The molecule has 0 saturated carbocycles. The van der Waals surface area contributed by atoms with Crippen LogP contribution in [0.3, 0.4) is 0 Å². The Balaban J connectivity index is 1.35. The first kappa shape index (κ1) is 20.7. The average Bonchev–Trinajstić information content (AvgIpc) is 3.42. The number of aromatic nitrogens is 3. The van der Waals surface area contributed by atoms with Crippen molar-refractivity contribution < 1.29 is 4.74 Å². The quantitative estimate of drug-likeness (QED) is 0.559. The molecule has 1 aromatic heterocycles. The fraction of sp³-hybridized carbons (Fsp3) is 0.591. The smallest absolute Gasteiger partial charge is 0.192 e. The summed E-state index contributed by atoms with van der Waals surface area (Å²) in [5, 5.41) is 15.5. The number of guanidine groups is 1. The van der Waals surface area contributed by atoms with Crippen molar-refractivity contribution in [2.75, 3.05) is 31.1 Å². The first-order chi connectivity index (χ1) is 14.7. The molecular formula is C22H33N7O. The molecule has 2 N–H and O–H groups in total. The molecule has 30 heavy (non-hydrogen) atoms. The van der Waals surface area contributed by atoms with E-state index in [2.05, 4.69) is 56.1 Å². The molecule has 2 aromatic rings. The van der Waals surface area contributed by atoms with Crippen LogP contribution in [0, 0.1) is 6.92 Å². The Morgan fingerprint density at radius 2 is 1.97 bits per heavy atom. The minimum atomic E-state index is 0.272. The van der Waals surface area contributed by atoms with E-state index in [1.165, 1.54) is 5.69 Å². The summed E-state index contributed by atoms with van der Waals surface area (Å²) in [4.78, 5) is 7.26. The average molecular weight is 412 g/mol. The molecule has 1 unspecified atom stereocenters. The first-order valence-electron chi connectivity index (χ1n) is 11.0. The minimum absolute atomic E-state index is 0.272. The van der Waals surface area contributed by atoms with Gasteiger partial charge in [-0.3, -0.25) is 0 Å². The number of nitrogens with zero attached hydrogens (tertiary/aromatic N) is 5. The molecule has 0 amide bonds. The number of anilines is 1. The van der Waals surface area contributed by atoms with Crippen LogP contribution in [0.4, 0.5) is 5.69 Å². The lowest BCUT2D eigenvalue weighted by atomic mass is 10.0. The lowest BCUT2D eigenvalue weighted by Gasteiger charge is -2.34. The molecule has 1 aromatic carbocycles. The van der Waals surface area contributed by atoms with E-state index in [1.807, 2.05) is 18.5 Å². The summed E-state index contributed by atoms with van der Waals surface area (Å²) < 4.78 is 7.75. The van der Waals surface area contributed by atoms with E-state index in [0.717, 1.165) is 69.5 Å². The van der Waals surface area contributed by atoms with Gasteiger partial charge in [-0.25, -0.2) is 4.99 Å². The molecule has 0 spiro atoms. The Hall–Kier alpha value is -2.61. The lowest BCUT2D eigenvalue weighted by molar-refractivity contribution is 0.113. The molecule has 1 atom stereocenters. The van der Waals surface area contributed by atoms with Crippen LogP contribution in [0.25, 0.3) is 0 Å². The maximum absolute atomic E-state index is 5.76. The van der Waals surface area contributed by atoms with Gasteiger partial charge in [-0.15, -0.1) is 10.2 Å². The summed E-state index contributed by atoms with van der Waals surface area (Å²) in [6, 6.07) is 11.1. The van der Waals surface area contributed by atoms with Crippen LogP contribution in [-0.4, -0.2) is 59.1 Å². The highest BCUT2D eigenvalue weighted by atomic mass is 16.5. The summed E-state index contributed by atoms with van der Waals surface area (Å²) in [6.07, 6.45) is 4.69. The van der Waals surface area contributed by atoms with Crippen LogP contribution in [0.15, 0.2) is 35.3 Å². The topological polar surface area (TPSA) is 79.6 Å². The summed E-state index contributed by atoms with van der Waals surface area (Å²) in [5.74, 6) is 2.60. The molecule has 4 rings (SSSR count). The van der Waals surface area contributed by atoms with Crippen LogP contribution in [0.1, 0.15) is 37.3 Å². The van der Waals surface area contributed by atoms with Crippen LogP contribution >= 0.6 is 0 Å². The number of aliphatic imine (C=N–C) groups is 1. The summed E-state index contributed by atoms with van der Waals surface area (Å²) in [6.45, 7) is 6.19. The third kappa shape index (κ3) is 5.30. The molecule has 162 valence electrons. The molecule has 8 nitrogen and oxygen atoms in total. The van der Waals surface area contributed by atoms with E-state index in [1.54, 1.807) is 0 Å². The Morgan fingerprint density at radius 3 is 2.63 bits per heavy atom. The van der Waals surface area contributed by atoms with E-state index in [4.69, 9.17) is 9.73 Å². The highest BCUT2D eigenvalue weighted by Crippen LogP contribution is 2.19. The molecule has 3 heterocycles. The Morgan fingerprint density at radius 1 is 1.17 bits per heavy atom. The molecule has 2 saturated heterocycles. The molecular weight excluding hydrogens is 378 g/mol. The molecule has 0 aliphatic carbocycles. The van der Waals surface area contributed by atoms with Gasteiger partial charge in [0.2, 0.25) is 0 Å². The lowest BCUT2D eigenvalue weighted by Crippen LogP contribution is -2.50. The zero-order valence-corrected chi connectivity index (χ0v) is 18.0. The number of aryl methyl sites for hydroxylation is 1. The number of benzene rings is 1. The van der Waals surface area contributed by atoms with Gasteiger partial charge in [-0.2, -0.15) is 0 Å². The van der Waals surface area contributed by atoms with Gasteiger partial charge in [-0.1, -0.05) is 18.2 Å². The van der Waals surface area contributed by atoms with Gasteiger partial charge in [0.1, 0.15) is 12.4 Å². The molecule has 2 aliphatic rings. The van der Waals surface area contributed by atoms with Crippen LogP contribution in [0.2, 0.25) is 0 Å². The maximum Gasteiger partial charge on any atom is 0.192 e. The largest absolute Gasteiger partial charge is 0.376 e. The van der Waals surface area contributed by atoms with Crippen molar-refractivity contribution in [1.29, 1.82) is 0 Å². The molecule has 8 heteroatoms. The predicted molar refractivity (Wildman–Crippen MR) is 119 cm³/mol. The van der Waals surface area contributed by atoms with Crippen molar-refractivity contribution in [3.05, 3.63) is 42.0 Å². The SMILES string of the molecule is Cc1nnc(CN=C(NCC2CCCO2)NC2CCN(c3ccccc3)CC2)n1C. The fourth-order valence-corrected chi connectivity index (χ4v) is 4.02. The van der Waals surface area contributed by atoms with Gasteiger partial charge in [0, 0.05) is 45.0 Å². The highest BCUT2D eigenvalue weighted by Gasteiger charge is 2.21. The van der Waals surface area contributed by atoms with Gasteiger partial charge < -0.3 is 24.8 Å². The van der Waals surface area contributed by atoms with E-state index in [-0.39, 0.29) is 6.10 Å². The van der Waals surface area contributed by atoms with Gasteiger partial charge in [0.15, 0.2) is 11.8 Å². The van der Waals surface area contributed by atoms with E-state index >= 15 is 0 Å². The normalized spacial score (nSPS) is 20.5. The predicted octanol–water partition coefficient (Wildman–Crippen LogP) is 2.01. The van der Waals surface area contributed by atoms with Crippen molar-refractivity contribution in [3.63, 3.8) is 0 Å². The molecule has 0 bridgehead atoms. The highest BCUT2D eigenvalue weighted by molar-refractivity contribution is 5.80. The number of nitrogens with one attached hydrogen (secondary N) is 2. The third-order valence-electron chi connectivity index (χ3n) is 6.04. The molecule has 2 aliphatic heterocycles. The van der Waals surface area contributed by atoms with E-state index in [0.29, 0.717) is 12.6 Å². The Kier molecular flexibility index (Phi) is 6.84. The van der Waals surface area contributed by atoms with Crippen molar-refractivity contribution in [1.82, 2.24) is 25.4 Å². The Labute approximate surface area is 178 Å². The van der Waals surface area contributed by atoms with Crippen molar-refractivity contribution in [2.24, 2.45) is 12.0 Å². The van der Waals surface area contributed by atoms with Crippen LogP contribution in [0.5, 0.6) is 0 Å². The Bertz CT molecular complexity index is 821. The fourth-order valence-electron chi connectivity index (χ4n) is 4.02. The number of hydrogen-bond acceptors (Lipinski definition) is 5. The summed E-state index contributed by atoms with van der Waals surface area (Å²) >= 11 is 0. The maximum atomic E-state index is 5.76. The number of ether oxygens (including phenoxy) is 1. The second-order valence-electron chi connectivity index (χ2n) is 8.14. The second kappa shape index (κ2) is 9.93. The second-order valence-corrected chi connectivity index (χ2v) is 8.14. The monoisotopic (exact) mass is 411 g/mol. The van der Waals surface area contributed by atoms with Gasteiger partial charge >= 0.3 is 0 Å². The van der Waals surface area contributed by atoms with Crippen LogP contribution in [-0.2, 0) is 18.3 Å². The van der Waals surface area contributed by atoms with Crippen molar-refractivity contribution in [2.45, 2.75) is 51.3 Å². The number of hydrogen-bond donors (Lipinski definition) is 2. The number of rotatable bonds is 6. The number of piperidine rings is 1. The zero-order chi connectivity index (χ0) is 20.8. The summed E-state index contributed by atoms with van der Waals surface area (Å²) in [5.41, 5.74) is 1.30. The van der Waals surface area contributed by atoms with Gasteiger partial charge in [0.05, 0.1) is 6.10 Å². The minimum Gasteiger partial charge on any atom is -0.376 e. The van der Waals surface area contributed by atoms with Crippen molar-refractivity contribution >= 4 is 11.6 Å². The third-order valence-corrected chi connectivity index (χ3v) is 6.04. The zero-order valence-electron chi connectivity index (χ0n) is 18.0. The van der Waals surface area contributed by atoms with Crippen molar-refractivity contribution in [3.8, 4) is 0 Å².